The first-order valence-electron chi connectivity index (χ1n) is 6.65. The molecule has 0 radical (unpaired) electrons. The highest BCUT2D eigenvalue weighted by Gasteiger charge is 2.26. The van der Waals surface area contributed by atoms with Crippen LogP contribution in [0.2, 0.25) is 0 Å². The normalized spacial score (nSPS) is 14.6. The van der Waals surface area contributed by atoms with E-state index in [0.29, 0.717) is 17.6 Å². The summed E-state index contributed by atoms with van der Waals surface area (Å²) < 4.78 is 0. The summed E-state index contributed by atoms with van der Waals surface area (Å²) in [6.45, 7) is 0. The highest BCUT2D eigenvalue weighted by molar-refractivity contribution is 5.79. The number of hydrogen-bond donors (Lipinski definition) is 1. The first kappa shape index (κ1) is 11.3. The standard InChI is InChI=1S/C15H13N5/c16-14-8-12(9-1-2-9)19-15(20-14)10-3-4-11-13(7-10)18-6-5-17-11/h3-9H,1-2H2,(H2,16,19,20). The van der Waals surface area contributed by atoms with Crippen LogP contribution in [-0.2, 0) is 0 Å². The molecule has 0 amide bonds. The van der Waals surface area contributed by atoms with Gasteiger partial charge in [0.2, 0.25) is 0 Å². The lowest BCUT2D eigenvalue weighted by Gasteiger charge is -2.05. The number of nitrogens with two attached hydrogens (primary N) is 1. The number of rotatable bonds is 2. The molecule has 0 atom stereocenters. The molecule has 4 rings (SSSR count). The fourth-order valence-electron chi connectivity index (χ4n) is 2.31. The van der Waals surface area contributed by atoms with Crippen molar-refractivity contribution in [1.29, 1.82) is 0 Å². The maximum absolute atomic E-state index is 5.90. The monoisotopic (exact) mass is 263 g/mol. The minimum Gasteiger partial charge on any atom is -0.384 e. The van der Waals surface area contributed by atoms with Crippen molar-refractivity contribution in [2.45, 2.75) is 18.8 Å². The summed E-state index contributed by atoms with van der Waals surface area (Å²) in [5, 5.41) is 0. The minimum atomic E-state index is 0.524. The average molecular weight is 263 g/mol. The van der Waals surface area contributed by atoms with E-state index in [-0.39, 0.29) is 0 Å². The lowest BCUT2D eigenvalue weighted by Crippen LogP contribution is -1.99. The zero-order valence-electron chi connectivity index (χ0n) is 10.8. The van der Waals surface area contributed by atoms with Crippen molar-refractivity contribution >= 4 is 16.9 Å². The average Bonchev–Trinajstić information content (AvgIpc) is 3.31. The molecule has 0 aliphatic heterocycles. The molecular formula is C15H13N5. The van der Waals surface area contributed by atoms with Crippen LogP contribution in [0.25, 0.3) is 22.4 Å². The molecule has 1 saturated carbocycles. The molecule has 0 bridgehead atoms. The molecule has 98 valence electrons. The summed E-state index contributed by atoms with van der Waals surface area (Å²) in [6.07, 6.45) is 5.75. The van der Waals surface area contributed by atoms with Crippen molar-refractivity contribution < 1.29 is 0 Å². The van der Waals surface area contributed by atoms with Gasteiger partial charge in [-0.25, -0.2) is 9.97 Å². The molecule has 1 aliphatic rings. The molecule has 2 heterocycles. The van der Waals surface area contributed by atoms with Crippen LogP contribution in [0.4, 0.5) is 5.82 Å². The van der Waals surface area contributed by atoms with Gasteiger partial charge in [0.05, 0.1) is 11.0 Å². The Labute approximate surface area is 115 Å². The van der Waals surface area contributed by atoms with E-state index >= 15 is 0 Å². The molecule has 3 aromatic rings. The first-order valence-corrected chi connectivity index (χ1v) is 6.65. The summed E-state index contributed by atoms with van der Waals surface area (Å²) in [5.41, 5.74) is 9.57. The topological polar surface area (TPSA) is 77.6 Å². The van der Waals surface area contributed by atoms with Crippen LogP contribution in [0, 0.1) is 0 Å². The Bertz CT molecular complexity index is 795. The fraction of sp³-hybridized carbons (Fsp3) is 0.200. The first-order chi connectivity index (χ1) is 9.79. The number of nitrogens with zero attached hydrogens (tertiary/aromatic N) is 4. The Morgan fingerprint density at radius 2 is 1.75 bits per heavy atom. The molecular weight excluding hydrogens is 250 g/mol. The van der Waals surface area contributed by atoms with E-state index in [0.717, 1.165) is 22.3 Å². The van der Waals surface area contributed by atoms with E-state index in [1.165, 1.54) is 12.8 Å². The van der Waals surface area contributed by atoms with Gasteiger partial charge in [0, 0.05) is 35.6 Å². The SMILES string of the molecule is Nc1cc(C2CC2)nc(-c2ccc3nccnc3c2)n1. The summed E-state index contributed by atoms with van der Waals surface area (Å²) >= 11 is 0. The molecule has 0 saturated heterocycles. The third-order valence-corrected chi connectivity index (χ3v) is 3.49. The molecule has 0 unspecified atom stereocenters. The van der Waals surface area contributed by atoms with Crippen LogP contribution in [-0.4, -0.2) is 19.9 Å². The van der Waals surface area contributed by atoms with Crippen molar-refractivity contribution in [1.82, 2.24) is 19.9 Å². The molecule has 1 aliphatic carbocycles. The van der Waals surface area contributed by atoms with Gasteiger partial charge in [-0.2, -0.15) is 0 Å². The van der Waals surface area contributed by atoms with E-state index in [9.17, 15) is 0 Å². The molecule has 1 aromatic carbocycles. The van der Waals surface area contributed by atoms with Crippen molar-refractivity contribution in [3.05, 3.63) is 42.4 Å². The van der Waals surface area contributed by atoms with Crippen LogP contribution >= 0.6 is 0 Å². The zero-order valence-corrected chi connectivity index (χ0v) is 10.8. The van der Waals surface area contributed by atoms with Gasteiger partial charge in [0.15, 0.2) is 5.82 Å². The molecule has 5 heteroatoms. The second kappa shape index (κ2) is 4.23. The Kier molecular flexibility index (Phi) is 2.39. The van der Waals surface area contributed by atoms with Crippen molar-refractivity contribution in [2.75, 3.05) is 5.73 Å². The van der Waals surface area contributed by atoms with Gasteiger partial charge >= 0.3 is 0 Å². The van der Waals surface area contributed by atoms with Gasteiger partial charge in [-0.05, 0) is 31.0 Å². The van der Waals surface area contributed by atoms with Crippen LogP contribution in [0.15, 0.2) is 36.7 Å². The summed E-state index contributed by atoms with van der Waals surface area (Å²) in [4.78, 5) is 17.5. The van der Waals surface area contributed by atoms with Gasteiger partial charge in [-0.15, -0.1) is 0 Å². The number of nitrogen functional groups attached to an aromatic ring is 1. The molecule has 5 nitrogen and oxygen atoms in total. The number of fused-ring (bicyclic) bond motifs is 1. The number of anilines is 1. The second-order valence-electron chi connectivity index (χ2n) is 5.08. The van der Waals surface area contributed by atoms with Gasteiger partial charge in [0.25, 0.3) is 0 Å². The number of aromatic nitrogens is 4. The van der Waals surface area contributed by atoms with Crippen LogP contribution in [0.1, 0.15) is 24.5 Å². The predicted octanol–water partition coefficient (Wildman–Crippen LogP) is 2.55. The van der Waals surface area contributed by atoms with E-state index < -0.39 is 0 Å². The zero-order chi connectivity index (χ0) is 13.5. The van der Waals surface area contributed by atoms with E-state index in [4.69, 9.17) is 5.73 Å². The quantitative estimate of drug-likeness (QED) is 0.768. The Balaban J connectivity index is 1.85. The third kappa shape index (κ3) is 1.97. The number of benzene rings is 1. The minimum absolute atomic E-state index is 0.524. The maximum atomic E-state index is 5.90. The van der Waals surface area contributed by atoms with Gasteiger partial charge in [-0.1, -0.05) is 0 Å². The molecule has 1 fully saturated rings. The fourth-order valence-corrected chi connectivity index (χ4v) is 2.31. The van der Waals surface area contributed by atoms with E-state index in [2.05, 4.69) is 19.9 Å². The molecule has 2 N–H and O–H groups in total. The summed E-state index contributed by atoms with van der Waals surface area (Å²) in [5.74, 6) is 1.75. The van der Waals surface area contributed by atoms with Crippen molar-refractivity contribution in [3.8, 4) is 11.4 Å². The summed E-state index contributed by atoms with van der Waals surface area (Å²) in [7, 11) is 0. The van der Waals surface area contributed by atoms with Gasteiger partial charge in [0.1, 0.15) is 5.82 Å². The van der Waals surface area contributed by atoms with Gasteiger partial charge in [-0.3, -0.25) is 9.97 Å². The highest BCUT2D eigenvalue weighted by Crippen LogP contribution is 2.39. The lowest BCUT2D eigenvalue weighted by atomic mass is 10.1. The Morgan fingerprint density at radius 1 is 0.950 bits per heavy atom. The Hall–Kier alpha value is -2.56. The van der Waals surface area contributed by atoms with Crippen LogP contribution in [0.5, 0.6) is 0 Å². The van der Waals surface area contributed by atoms with Crippen LogP contribution < -0.4 is 5.73 Å². The lowest BCUT2D eigenvalue weighted by molar-refractivity contribution is 0.998. The third-order valence-electron chi connectivity index (χ3n) is 3.49. The number of hydrogen-bond acceptors (Lipinski definition) is 5. The summed E-state index contributed by atoms with van der Waals surface area (Å²) in [6, 6.07) is 7.72. The predicted molar refractivity (Wildman–Crippen MR) is 77.0 cm³/mol. The van der Waals surface area contributed by atoms with Crippen molar-refractivity contribution in [2.24, 2.45) is 0 Å². The molecule has 2 aromatic heterocycles. The highest BCUT2D eigenvalue weighted by atomic mass is 15.0. The van der Waals surface area contributed by atoms with Gasteiger partial charge < -0.3 is 5.73 Å². The maximum Gasteiger partial charge on any atom is 0.161 e. The smallest absolute Gasteiger partial charge is 0.161 e. The Morgan fingerprint density at radius 3 is 2.55 bits per heavy atom. The molecule has 0 spiro atoms. The largest absolute Gasteiger partial charge is 0.384 e. The van der Waals surface area contributed by atoms with E-state index in [1.54, 1.807) is 12.4 Å². The van der Waals surface area contributed by atoms with Crippen LogP contribution in [0.3, 0.4) is 0 Å². The molecule has 20 heavy (non-hydrogen) atoms. The van der Waals surface area contributed by atoms with Crippen molar-refractivity contribution in [3.63, 3.8) is 0 Å². The second-order valence-corrected chi connectivity index (χ2v) is 5.08. The van der Waals surface area contributed by atoms with E-state index in [1.807, 2.05) is 24.3 Å².